The normalized spacial score (nSPS) is 11.2. The zero-order valence-corrected chi connectivity index (χ0v) is 20.4. The van der Waals surface area contributed by atoms with Crippen LogP contribution in [0, 0.1) is 24.4 Å². The van der Waals surface area contributed by atoms with E-state index in [0.29, 0.717) is 39.1 Å². The maximum Gasteiger partial charge on any atom is 0.134 e. The Morgan fingerprint density at radius 2 is 0.921 bits per heavy atom. The van der Waals surface area contributed by atoms with Crippen molar-refractivity contribution in [2.45, 2.75) is 6.92 Å². The molecule has 0 radical (unpaired) electrons. The molecule has 0 aliphatic carbocycles. The van der Waals surface area contributed by atoms with E-state index >= 15 is 8.78 Å². The van der Waals surface area contributed by atoms with Crippen LogP contribution in [0.1, 0.15) is 5.56 Å². The van der Waals surface area contributed by atoms with E-state index in [4.69, 9.17) is 9.97 Å². The molecule has 0 saturated carbocycles. The van der Waals surface area contributed by atoms with Gasteiger partial charge in [0.1, 0.15) is 17.5 Å². The molecule has 0 atom stereocenters. The average Bonchev–Trinajstić information content (AvgIpc) is 2.93. The van der Waals surface area contributed by atoms with Crippen molar-refractivity contribution in [3.05, 3.63) is 132 Å². The van der Waals surface area contributed by atoms with Crippen molar-refractivity contribution in [3.63, 3.8) is 0 Å². The van der Waals surface area contributed by atoms with Crippen LogP contribution in [0.3, 0.4) is 0 Å². The predicted octanol–water partition coefficient (Wildman–Crippen LogP) is 9.02. The number of fused-ring (bicyclic) bond motifs is 1. The number of hydrogen-bond acceptors (Lipinski definition) is 2. The lowest BCUT2D eigenvalue weighted by atomic mass is 9.95. The molecule has 0 aliphatic heterocycles. The first-order valence-corrected chi connectivity index (χ1v) is 12.2. The van der Waals surface area contributed by atoms with Crippen LogP contribution in [0.5, 0.6) is 0 Å². The molecule has 0 fully saturated rings. The molecule has 5 heteroatoms. The van der Waals surface area contributed by atoms with E-state index in [0.717, 1.165) is 22.8 Å². The first-order chi connectivity index (χ1) is 18.5. The Balaban J connectivity index is 1.75. The smallest absolute Gasteiger partial charge is 0.134 e. The molecule has 0 bridgehead atoms. The Kier molecular flexibility index (Phi) is 5.97. The highest BCUT2D eigenvalue weighted by Crippen LogP contribution is 2.39. The number of aryl methyl sites for hydroxylation is 1. The maximum absolute atomic E-state index is 15.2. The van der Waals surface area contributed by atoms with E-state index in [9.17, 15) is 4.39 Å². The highest BCUT2D eigenvalue weighted by molar-refractivity contribution is 6.03. The Morgan fingerprint density at radius 1 is 0.474 bits per heavy atom. The number of rotatable bonds is 4. The van der Waals surface area contributed by atoms with Crippen LogP contribution in [-0.2, 0) is 0 Å². The molecular weight excluding hydrogens is 481 g/mol. The fraction of sp³-hybridized carbons (Fsp3) is 0.0303. The third-order valence-electron chi connectivity index (χ3n) is 6.55. The highest BCUT2D eigenvalue weighted by Gasteiger charge is 2.21. The van der Waals surface area contributed by atoms with Crippen LogP contribution < -0.4 is 0 Å². The number of hydrogen-bond donors (Lipinski definition) is 0. The summed E-state index contributed by atoms with van der Waals surface area (Å²) in [6.45, 7) is 1.82. The minimum Gasteiger partial charge on any atom is -0.243 e. The number of benzene rings is 5. The molecule has 0 spiro atoms. The van der Waals surface area contributed by atoms with E-state index in [1.54, 1.807) is 18.2 Å². The van der Waals surface area contributed by atoms with Gasteiger partial charge in [0.05, 0.1) is 22.4 Å². The van der Waals surface area contributed by atoms with Gasteiger partial charge in [-0.3, -0.25) is 0 Å². The Labute approximate surface area is 218 Å². The molecule has 0 amide bonds. The van der Waals surface area contributed by atoms with Gasteiger partial charge in [0, 0.05) is 39.4 Å². The zero-order chi connectivity index (χ0) is 26.2. The summed E-state index contributed by atoms with van der Waals surface area (Å²) in [6.07, 6.45) is 0. The first kappa shape index (κ1) is 23.6. The lowest BCUT2D eigenvalue weighted by Crippen LogP contribution is -2.00. The molecule has 0 saturated heterocycles. The number of nitrogens with zero attached hydrogens (tertiary/aromatic N) is 2. The van der Waals surface area contributed by atoms with Crippen molar-refractivity contribution in [3.8, 4) is 44.8 Å². The zero-order valence-electron chi connectivity index (χ0n) is 20.4. The standard InChI is InChI=1S/C33H21F3N2/c1-20-12-14-24(28(35)18-20)26-16-17-27(25-15-13-23(34)19-29(25)36)33-32(26)37-30(21-8-4-2-5-9-21)31(38-33)22-10-6-3-7-11-22/h2-19H,1H3. The Morgan fingerprint density at radius 3 is 1.39 bits per heavy atom. The summed E-state index contributed by atoms with van der Waals surface area (Å²) in [5.41, 5.74) is 6.05. The molecule has 1 heterocycles. The molecular formula is C33H21F3N2. The first-order valence-electron chi connectivity index (χ1n) is 12.2. The lowest BCUT2D eigenvalue weighted by molar-refractivity contribution is 0.585. The van der Waals surface area contributed by atoms with E-state index < -0.39 is 11.6 Å². The topological polar surface area (TPSA) is 25.8 Å². The molecule has 184 valence electrons. The fourth-order valence-electron chi connectivity index (χ4n) is 4.71. The van der Waals surface area contributed by atoms with Crippen LogP contribution in [-0.4, -0.2) is 9.97 Å². The Hall–Kier alpha value is -4.77. The summed E-state index contributed by atoms with van der Waals surface area (Å²) < 4.78 is 44.0. The molecule has 6 aromatic rings. The molecule has 0 unspecified atom stereocenters. The molecule has 1 aromatic heterocycles. The third kappa shape index (κ3) is 4.22. The van der Waals surface area contributed by atoms with E-state index in [2.05, 4.69) is 0 Å². The van der Waals surface area contributed by atoms with Gasteiger partial charge in [-0.1, -0.05) is 84.9 Å². The molecule has 38 heavy (non-hydrogen) atoms. The summed E-state index contributed by atoms with van der Waals surface area (Å²) in [4.78, 5) is 10.1. The second kappa shape index (κ2) is 9.60. The second-order valence-electron chi connectivity index (χ2n) is 9.12. The third-order valence-corrected chi connectivity index (χ3v) is 6.55. The number of halogens is 3. The van der Waals surface area contributed by atoms with E-state index in [-0.39, 0.29) is 11.4 Å². The lowest BCUT2D eigenvalue weighted by Gasteiger charge is -2.16. The van der Waals surface area contributed by atoms with E-state index in [1.807, 2.05) is 73.7 Å². The van der Waals surface area contributed by atoms with Crippen molar-refractivity contribution in [1.82, 2.24) is 9.97 Å². The van der Waals surface area contributed by atoms with Gasteiger partial charge < -0.3 is 0 Å². The number of aromatic nitrogens is 2. The predicted molar refractivity (Wildman–Crippen MR) is 146 cm³/mol. The molecule has 2 nitrogen and oxygen atoms in total. The van der Waals surface area contributed by atoms with Crippen LogP contribution in [0.4, 0.5) is 13.2 Å². The van der Waals surface area contributed by atoms with Gasteiger partial charge >= 0.3 is 0 Å². The van der Waals surface area contributed by atoms with Gasteiger partial charge in [-0.05, 0) is 30.7 Å². The molecule has 5 aromatic carbocycles. The van der Waals surface area contributed by atoms with Crippen LogP contribution >= 0.6 is 0 Å². The van der Waals surface area contributed by atoms with Crippen LogP contribution in [0.2, 0.25) is 0 Å². The van der Waals surface area contributed by atoms with E-state index in [1.165, 1.54) is 18.2 Å². The average molecular weight is 503 g/mol. The highest BCUT2D eigenvalue weighted by atomic mass is 19.1. The van der Waals surface area contributed by atoms with Gasteiger partial charge in [0.2, 0.25) is 0 Å². The van der Waals surface area contributed by atoms with Gasteiger partial charge in [-0.2, -0.15) is 0 Å². The largest absolute Gasteiger partial charge is 0.243 e. The summed E-state index contributed by atoms with van der Waals surface area (Å²) in [5, 5.41) is 0. The summed E-state index contributed by atoms with van der Waals surface area (Å²) in [5.74, 6) is -1.77. The quantitative estimate of drug-likeness (QED) is 0.240. The van der Waals surface area contributed by atoms with Gasteiger partial charge in [-0.25, -0.2) is 23.1 Å². The van der Waals surface area contributed by atoms with Gasteiger partial charge in [0.25, 0.3) is 0 Å². The van der Waals surface area contributed by atoms with Crippen LogP contribution in [0.15, 0.2) is 109 Å². The van der Waals surface area contributed by atoms with Gasteiger partial charge in [-0.15, -0.1) is 0 Å². The minimum absolute atomic E-state index is 0.188. The summed E-state index contributed by atoms with van der Waals surface area (Å²) in [6, 6.07) is 31.1. The monoisotopic (exact) mass is 502 g/mol. The van der Waals surface area contributed by atoms with Crippen molar-refractivity contribution < 1.29 is 13.2 Å². The van der Waals surface area contributed by atoms with Gasteiger partial charge in [0.15, 0.2) is 0 Å². The van der Waals surface area contributed by atoms with Crippen molar-refractivity contribution >= 4 is 11.0 Å². The van der Waals surface area contributed by atoms with Crippen molar-refractivity contribution in [1.29, 1.82) is 0 Å². The van der Waals surface area contributed by atoms with Crippen molar-refractivity contribution in [2.24, 2.45) is 0 Å². The van der Waals surface area contributed by atoms with Crippen LogP contribution in [0.25, 0.3) is 55.8 Å². The minimum atomic E-state index is -0.712. The second-order valence-corrected chi connectivity index (χ2v) is 9.12. The fourth-order valence-corrected chi connectivity index (χ4v) is 4.71. The summed E-state index contributed by atoms with van der Waals surface area (Å²) >= 11 is 0. The SMILES string of the molecule is Cc1ccc(-c2ccc(-c3ccc(F)cc3F)c3nc(-c4ccccc4)c(-c4ccccc4)nc23)c(F)c1. The van der Waals surface area contributed by atoms with Crippen molar-refractivity contribution in [2.75, 3.05) is 0 Å². The Bertz CT molecular complexity index is 1670. The molecule has 0 aliphatic rings. The maximum atomic E-state index is 15.2. The molecule has 6 rings (SSSR count). The molecule has 0 N–H and O–H groups in total. The summed E-state index contributed by atoms with van der Waals surface area (Å²) in [7, 11) is 0.